The maximum absolute atomic E-state index is 12.3. The summed E-state index contributed by atoms with van der Waals surface area (Å²) in [5.41, 5.74) is 0.283. The molecule has 1 amide bonds. The fourth-order valence-corrected chi connectivity index (χ4v) is 4.95. The molecule has 202 valence electrons. The maximum atomic E-state index is 12.3. The second-order valence-electron chi connectivity index (χ2n) is 10.7. The van der Waals surface area contributed by atoms with Gasteiger partial charge in [-0.15, -0.1) is 0 Å². The third kappa shape index (κ3) is 7.73. The summed E-state index contributed by atoms with van der Waals surface area (Å²) in [7, 11) is 0. The first-order chi connectivity index (χ1) is 16.8. The third-order valence-corrected chi connectivity index (χ3v) is 7.02. The Kier molecular flexibility index (Phi) is 9.16. The van der Waals surface area contributed by atoms with E-state index in [0.29, 0.717) is 13.0 Å². The van der Waals surface area contributed by atoms with Crippen LogP contribution in [0.5, 0.6) is 0 Å². The number of amides is 1. The lowest BCUT2D eigenvalue weighted by Gasteiger charge is -2.40. The first-order valence-electron chi connectivity index (χ1n) is 12.7. The Bertz CT molecular complexity index is 890. The molecule has 0 unspecified atom stereocenters. The lowest BCUT2D eigenvalue weighted by Crippen LogP contribution is -2.54. The molecule has 3 aliphatic rings. The van der Waals surface area contributed by atoms with E-state index in [1.165, 1.54) is 13.0 Å². The van der Waals surface area contributed by atoms with Gasteiger partial charge in [-0.25, -0.2) is 0 Å². The predicted octanol–water partition coefficient (Wildman–Crippen LogP) is 2.31. The summed E-state index contributed by atoms with van der Waals surface area (Å²) in [4.78, 5) is 23.3. The number of hydrogen-bond acceptors (Lipinski definition) is 8. The average molecular weight is 508 g/mol. The molecule has 3 saturated heterocycles. The predicted molar refractivity (Wildman–Crippen MR) is 133 cm³/mol. The highest BCUT2D eigenvalue weighted by atomic mass is 16.7. The highest BCUT2D eigenvalue weighted by molar-refractivity contribution is 5.87. The number of aliphatic hydroxyl groups is 2. The second-order valence-corrected chi connectivity index (χ2v) is 10.7. The van der Waals surface area contributed by atoms with Crippen LogP contribution in [0.15, 0.2) is 36.0 Å². The molecule has 0 aromatic rings. The normalized spacial score (nSPS) is 39.9. The Labute approximate surface area is 213 Å². The molecule has 3 aliphatic heterocycles. The highest BCUT2D eigenvalue weighted by Crippen LogP contribution is 2.45. The zero-order valence-electron chi connectivity index (χ0n) is 22.1. The molecule has 0 saturated carbocycles. The van der Waals surface area contributed by atoms with Crippen LogP contribution in [0.2, 0.25) is 0 Å². The molecule has 36 heavy (non-hydrogen) atoms. The molecule has 3 fully saturated rings. The molecular formula is C27H41NO8. The van der Waals surface area contributed by atoms with Gasteiger partial charge in [0.05, 0.1) is 24.9 Å². The zero-order chi connectivity index (χ0) is 26.7. The van der Waals surface area contributed by atoms with Crippen molar-refractivity contribution in [2.45, 2.75) is 109 Å². The van der Waals surface area contributed by atoms with E-state index in [2.05, 4.69) is 18.3 Å². The van der Waals surface area contributed by atoms with Gasteiger partial charge in [-0.1, -0.05) is 30.7 Å². The van der Waals surface area contributed by atoms with E-state index in [1.807, 2.05) is 19.9 Å². The number of hydrogen-bond donors (Lipinski definition) is 3. The molecular weight excluding hydrogens is 466 g/mol. The second kappa shape index (κ2) is 11.6. The zero-order valence-corrected chi connectivity index (χ0v) is 22.1. The summed E-state index contributed by atoms with van der Waals surface area (Å²) in [5.74, 6) is -1.75. The summed E-state index contributed by atoms with van der Waals surface area (Å²) < 4.78 is 22.3. The van der Waals surface area contributed by atoms with E-state index in [1.54, 1.807) is 26.0 Å². The van der Waals surface area contributed by atoms with Gasteiger partial charge in [-0.2, -0.15) is 0 Å². The van der Waals surface area contributed by atoms with Gasteiger partial charge in [-0.05, 0) is 52.5 Å². The van der Waals surface area contributed by atoms with Gasteiger partial charge in [0.1, 0.15) is 23.9 Å². The third-order valence-electron chi connectivity index (χ3n) is 7.02. The number of allylic oxidation sites excluding steroid dienone is 2. The van der Waals surface area contributed by atoms with Crippen molar-refractivity contribution >= 4 is 11.9 Å². The molecule has 0 aliphatic carbocycles. The monoisotopic (exact) mass is 507 g/mol. The maximum Gasteiger partial charge on any atom is 0.303 e. The lowest BCUT2D eigenvalue weighted by atomic mass is 9.87. The Hall–Kier alpha value is -2.04. The van der Waals surface area contributed by atoms with Gasteiger partial charge < -0.3 is 34.5 Å². The molecule has 1 spiro atoms. The topological polar surface area (TPSA) is 127 Å². The minimum Gasteiger partial charge on any atom is -0.459 e. The molecule has 0 aromatic carbocycles. The van der Waals surface area contributed by atoms with E-state index >= 15 is 0 Å². The number of carbonyl (C=O) groups is 2. The molecule has 3 rings (SSSR count). The van der Waals surface area contributed by atoms with Crippen molar-refractivity contribution in [3.8, 4) is 0 Å². The van der Waals surface area contributed by atoms with Crippen LogP contribution in [0, 0.1) is 5.92 Å². The van der Waals surface area contributed by atoms with Gasteiger partial charge >= 0.3 is 5.97 Å². The molecule has 3 N–H and O–H groups in total. The summed E-state index contributed by atoms with van der Waals surface area (Å²) >= 11 is 0. The number of aliphatic hydroxyl groups excluding tert-OH is 1. The van der Waals surface area contributed by atoms with Crippen LogP contribution in [0.25, 0.3) is 0 Å². The first-order valence-corrected chi connectivity index (χ1v) is 12.7. The average Bonchev–Trinajstić information content (AvgIpc) is 3.54. The number of epoxide rings is 1. The van der Waals surface area contributed by atoms with Gasteiger partial charge in [0.2, 0.25) is 5.91 Å². The van der Waals surface area contributed by atoms with E-state index in [-0.39, 0.29) is 36.5 Å². The summed E-state index contributed by atoms with van der Waals surface area (Å²) in [6.07, 6.45) is 8.33. The van der Waals surface area contributed by atoms with Crippen LogP contribution in [0.4, 0.5) is 0 Å². The Balaban J connectivity index is 1.49. The minimum absolute atomic E-state index is 0.0106. The lowest BCUT2D eigenvalue weighted by molar-refractivity contribution is -0.272. The summed E-state index contributed by atoms with van der Waals surface area (Å²) in [5, 5.41) is 23.9. The van der Waals surface area contributed by atoms with Crippen LogP contribution in [0.3, 0.4) is 0 Å². The van der Waals surface area contributed by atoms with E-state index in [4.69, 9.17) is 18.9 Å². The number of rotatable bonds is 8. The van der Waals surface area contributed by atoms with Gasteiger partial charge in [0.15, 0.2) is 5.79 Å². The van der Waals surface area contributed by atoms with Crippen LogP contribution in [0.1, 0.15) is 60.8 Å². The Morgan fingerprint density at radius 2 is 1.94 bits per heavy atom. The molecule has 0 bridgehead atoms. The van der Waals surface area contributed by atoms with Crippen LogP contribution in [-0.4, -0.2) is 76.6 Å². The van der Waals surface area contributed by atoms with Crippen molar-refractivity contribution in [1.82, 2.24) is 5.32 Å². The van der Waals surface area contributed by atoms with E-state index < -0.39 is 35.7 Å². The van der Waals surface area contributed by atoms with Crippen molar-refractivity contribution in [1.29, 1.82) is 0 Å². The quantitative estimate of drug-likeness (QED) is 0.198. The molecule has 0 radical (unpaired) electrons. The smallest absolute Gasteiger partial charge is 0.303 e. The SMILES string of the molecule is CC(=O)O[C@H](C)/C=C\C(=O)N[C@@H]1C[C@H](C)[C@H](C/C=C(C)/C=C/[C@H]2O[C@](C)(O)C[C@@]3(CO3)[C@@H]2O)O[C@@H]1C. The van der Waals surface area contributed by atoms with Crippen molar-refractivity contribution in [3.05, 3.63) is 36.0 Å². The fraction of sp³-hybridized carbons (Fsp3) is 0.704. The molecule has 3 heterocycles. The van der Waals surface area contributed by atoms with Crippen LogP contribution >= 0.6 is 0 Å². The van der Waals surface area contributed by atoms with Crippen molar-refractivity contribution in [2.75, 3.05) is 6.61 Å². The number of nitrogens with one attached hydrogen (secondary N) is 1. The highest BCUT2D eigenvalue weighted by Gasteiger charge is 2.61. The molecule has 9 nitrogen and oxygen atoms in total. The van der Waals surface area contributed by atoms with Gasteiger partial charge in [0.25, 0.3) is 0 Å². The minimum atomic E-state index is -1.34. The fourth-order valence-electron chi connectivity index (χ4n) is 4.95. The number of carbonyl (C=O) groups excluding carboxylic acids is 2. The van der Waals surface area contributed by atoms with Crippen molar-refractivity contribution in [3.63, 3.8) is 0 Å². The molecule has 9 heteroatoms. The first kappa shape index (κ1) is 28.5. The summed E-state index contributed by atoms with van der Waals surface area (Å²) in [6, 6.07) is -0.114. The van der Waals surface area contributed by atoms with Crippen LogP contribution < -0.4 is 5.32 Å². The van der Waals surface area contributed by atoms with Crippen molar-refractivity contribution in [2.24, 2.45) is 5.92 Å². The van der Waals surface area contributed by atoms with Gasteiger partial charge in [-0.3, -0.25) is 9.59 Å². The Morgan fingerprint density at radius 1 is 1.25 bits per heavy atom. The summed E-state index contributed by atoms with van der Waals surface area (Å²) in [6.45, 7) is 11.1. The molecule has 0 aromatic heterocycles. The van der Waals surface area contributed by atoms with Crippen LogP contribution in [-0.2, 0) is 28.5 Å². The Morgan fingerprint density at radius 3 is 2.58 bits per heavy atom. The number of esters is 1. The largest absolute Gasteiger partial charge is 0.459 e. The molecule has 9 atom stereocenters. The van der Waals surface area contributed by atoms with E-state index in [0.717, 1.165) is 12.0 Å². The van der Waals surface area contributed by atoms with E-state index in [9.17, 15) is 19.8 Å². The standard InChI is InChI=1S/C27H41NO8/c1-16(8-11-23-25(31)27(15-33-27)14-26(6,32)36-23)7-10-22-17(2)13-21(19(4)35-22)28-24(30)12-9-18(3)34-20(5)29/h7-9,11-12,17-19,21-23,25,31-32H,10,13-15H2,1-6H3,(H,28,30)/b11-8+,12-9-,16-7+/t17-,18+,19+,21+,22-,23+,25+,26-,27+/m0/s1. The van der Waals surface area contributed by atoms with Crippen molar-refractivity contribution < 1.29 is 38.7 Å². The van der Waals surface area contributed by atoms with Gasteiger partial charge in [0, 0.05) is 19.4 Å². The number of ether oxygens (including phenoxy) is 4.